The molecule has 6 heteroatoms. The third-order valence-corrected chi connectivity index (χ3v) is 6.72. The van der Waals surface area contributed by atoms with Crippen molar-refractivity contribution in [3.8, 4) is 0 Å². The van der Waals surface area contributed by atoms with E-state index >= 15 is 0 Å². The molecule has 2 amide bonds. The number of para-hydroxylation sites is 1. The summed E-state index contributed by atoms with van der Waals surface area (Å²) in [5.41, 5.74) is -1.88. The molecule has 4 rings (SSSR count). The second-order valence-corrected chi connectivity index (χ2v) is 7.36. The van der Waals surface area contributed by atoms with Crippen LogP contribution in [-0.4, -0.2) is 41.3 Å². The summed E-state index contributed by atoms with van der Waals surface area (Å²) in [6.07, 6.45) is 3.16. The molecule has 1 spiro atoms. The number of amides is 2. The predicted octanol–water partition coefficient (Wildman–Crippen LogP) is 2.77. The highest BCUT2D eigenvalue weighted by Crippen LogP contribution is 2.67. The summed E-state index contributed by atoms with van der Waals surface area (Å²) in [6.45, 7) is 6.39. The van der Waals surface area contributed by atoms with Crippen LogP contribution in [0.5, 0.6) is 0 Å². The number of carbonyl (C=O) groups is 2. The lowest BCUT2D eigenvalue weighted by Gasteiger charge is -2.59. The molecule has 0 aliphatic carbocycles. The van der Waals surface area contributed by atoms with E-state index in [4.69, 9.17) is 4.74 Å². The number of ether oxygens (including phenoxy) is 1. The van der Waals surface area contributed by atoms with Crippen LogP contribution in [0.2, 0.25) is 0 Å². The number of hydrogen-bond donors (Lipinski definition) is 1. The molecular weight excluding hydrogens is 332 g/mol. The van der Waals surface area contributed by atoms with E-state index in [1.54, 1.807) is 9.80 Å². The van der Waals surface area contributed by atoms with Crippen molar-refractivity contribution in [2.75, 3.05) is 18.6 Å². The fourth-order valence-electron chi connectivity index (χ4n) is 5.63. The quantitative estimate of drug-likeness (QED) is 0.827. The van der Waals surface area contributed by atoms with Crippen LogP contribution < -0.4 is 4.90 Å². The molecule has 1 aromatic rings. The molecule has 0 bridgehead atoms. The number of methoxy groups -OCH3 is 1. The number of fused-ring (bicyclic) bond motifs is 3. The van der Waals surface area contributed by atoms with Crippen LogP contribution in [-0.2, 0) is 15.1 Å². The predicted molar refractivity (Wildman–Crippen MR) is 96.4 cm³/mol. The number of carbonyl (C=O) groups excluding carboxylic acids is 2. The zero-order chi connectivity index (χ0) is 18.7. The number of benzene rings is 1. The summed E-state index contributed by atoms with van der Waals surface area (Å²) in [7, 11) is 1.33. The minimum absolute atomic E-state index is 0.0879. The van der Waals surface area contributed by atoms with E-state index in [2.05, 4.69) is 6.58 Å². The normalized spacial score (nSPS) is 35.0. The Bertz CT molecular complexity index is 809. The lowest BCUT2D eigenvalue weighted by molar-refractivity contribution is -0.147. The number of piperidine rings is 1. The number of anilines is 1. The van der Waals surface area contributed by atoms with Crippen LogP contribution >= 0.6 is 0 Å². The van der Waals surface area contributed by atoms with Gasteiger partial charge < -0.3 is 9.84 Å². The summed E-state index contributed by atoms with van der Waals surface area (Å²) in [4.78, 5) is 29.0. The Labute approximate surface area is 153 Å². The van der Waals surface area contributed by atoms with Gasteiger partial charge in [0.15, 0.2) is 5.66 Å². The first-order chi connectivity index (χ1) is 12.4. The third-order valence-electron chi connectivity index (χ3n) is 6.72. The maximum absolute atomic E-state index is 13.1. The van der Waals surface area contributed by atoms with Gasteiger partial charge in [0, 0.05) is 30.4 Å². The van der Waals surface area contributed by atoms with Crippen LogP contribution in [0.1, 0.15) is 38.2 Å². The highest BCUT2D eigenvalue weighted by Gasteiger charge is 2.78. The Morgan fingerprint density at radius 2 is 2.12 bits per heavy atom. The van der Waals surface area contributed by atoms with E-state index in [1.807, 2.05) is 37.3 Å². The lowest BCUT2D eigenvalue weighted by Crippen LogP contribution is -2.75. The van der Waals surface area contributed by atoms with Crippen molar-refractivity contribution in [3.05, 3.63) is 42.5 Å². The zero-order valence-electron chi connectivity index (χ0n) is 15.2. The average Bonchev–Trinajstić information content (AvgIpc) is 3.09. The zero-order valence-corrected chi connectivity index (χ0v) is 15.2. The molecule has 26 heavy (non-hydrogen) atoms. The molecule has 3 atom stereocenters. The van der Waals surface area contributed by atoms with Crippen LogP contribution in [0.15, 0.2) is 36.9 Å². The molecule has 3 aliphatic heterocycles. The maximum Gasteiger partial charge on any atom is 0.411 e. The molecule has 1 N–H and O–H groups in total. The monoisotopic (exact) mass is 356 g/mol. The van der Waals surface area contributed by atoms with Gasteiger partial charge in [-0.2, -0.15) is 0 Å². The molecule has 138 valence electrons. The number of nitrogens with zero attached hydrogens (tertiary/aromatic N) is 2. The third kappa shape index (κ3) is 1.57. The van der Waals surface area contributed by atoms with Gasteiger partial charge in [-0.1, -0.05) is 31.2 Å². The first kappa shape index (κ1) is 17.1. The van der Waals surface area contributed by atoms with Gasteiger partial charge in [0.05, 0.1) is 12.8 Å². The van der Waals surface area contributed by atoms with Gasteiger partial charge in [-0.3, -0.25) is 14.6 Å². The van der Waals surface area contributed by atoms with Crippen molar-refractivity contribution >= 4 is 17.7 Å². The number of aliphatic hydroxyl groups is 1. The smallest absolute Gasteiger partial charge is 0.411 e. The van der Waals surface area contributed by atoms with Gasteiger partial charge in [-0.15, -0.1) is 6.58 Å². The van der Waals surface area contributed by atoms with Gasteiger partial charge in [-0.25, -0.2) is 4.79 Å². The summed E-state index contributed by atoms with van der Waals surface area (Å²) < 4.78 is 5.05. The van der Waals surface area contributed by atoms with Gasteiger partial charge in [-0.05, 0) is 18.9 Å². The summed E-state index contributed by atoms with van der Waals surface area (Å²) in [5, 5.41) is 12.0. The van der Waals surface area contributed by atoms with Gasteiger partial charge >= 0.3 is 6.09 Å². The minimum Gasteiger partial charge on any atom is -0.453 e. The lowest BCUT2D eigenvalue weighted by atomic mass is 9.61. The standard InChI is InChI=1S/C20H24N2O4/c1-4-18(5-2)11-10-16(23)22-15-9-7-6-8-14(15)19(25)12-13-21(17(24)26-3)20(18,19)22/h4,6-9,25H,1,5,10-13H2,2-3H3/t18-,19-,20-/m1/s1. The van der Waals surface area contributed by atoms with Crippen LogP contribution in [0.25, 0.3) is 0 Å². The van der Waals surface area contributed by atoms with Crippen molar-refractivity contribution in [1.82, 2.24) is 4.90 Å². The topological polar surface area (TPSA) is 70.1 Å². The highest BCUT2D eigenvalue weighted by atomic mass is 16.5. The van der Waals surface area contributed by atoms with Crippen molar-refractivity contribution in [2.24, 2.45) is 5.41 Å². The molecule has 0 aromatic heterocycles. The van der Waals surface area contributed by atoms with Gasteiger partial charge in [0.25, 0.3) is 0 Å². The Hall–Kier alpha value is -2.34. The maximum atomic E-state index is 13.1. The van der Waals surface area contributed by atoms with Gasteiger partial charge in [0.2, 0.25) is 5.91 Å². The molecule has 1 aromatic carbocycles. The number of likely N-dealkylation sites (tertiary alicyclic amines) is 1. The molecule has 0 unspecified atom stereocenters. The van der Waals surface area contributed by atoms with Crippen LogP contribution in [0.3, 0.4) is 0 Å². The van der Waals surface area contributed by atoms with E-state index in [0.29, 0.717) is 43.5 Å². The van der Waals surface area contributed by atoms with E-state index in [9.17, 15) is 14.7 Å². The largest absolute Gasteiger partial charge is 0.453 e. The summed E-state index contributed by atoms with van der Waals surface area (Å²) in [6, 6.07) is 7.40. The fraction of sp³-hybridized carbons (Fsp3) is 0.500. The molecular formula is C20H24N2O4. The van der Waals surface area contributed by atoms with E-state index in [1.165, 1.54) is 7.11 Å². The first-order valence-electron chi connectivity index (χ1n) is 9.07. The Balaban J connectivity index is 2.11. The SMILES string of the molecule is C=C[C@@]1(CC)CCC(=O)N2c3ccccc3[C@]3(O)CCN(C(=O)OC)[C@@]213. The Kier molecular flexibility index (Phi) is 3.50. The first-order valence-corrected chi connectivity index (χ1v) is 9.07. The van der Waals surface area contributed by atoms with Crippen molar-refractivity contribution in [1.29, 1.82) is 0 Å². The summed E-state index contributed by atoms with van der Waals surface area (Å²) >= 11 is 0. The molecule has 6 nitrogen and oxygen atoms in total. The minimum atomic E-state index is -1.36. The Morgan fingerprint density at radius 3 is 2.77 bits per heavy atom. The summed E-state index contributed by atoms with van der Waals surface area (Å²) in [5.74, 6) is -0.0879. The average molecular weight is 356 g/mol. The van der Waals surface area contributed by atoms with Crippen LogP contribution in [0.4, 0.5) is 10.5 Å². The highest BCUT2D eigenvalue weighted by molar-refractivity contribution is 6.01. The molecule has 2 fully saturated rings. The fourth-order valence-corrected chi connectivity index (χ4v) is 5.63. The molecule has 3 aliphatic rings. The van der Waals surface area contributed by atoms with Crippen LogP contribution in [0, 0.1) is 5.41 Å². The second-order valence-electron chi connectivity index (χ2n) is 7.36. The molecule has 3 heterocycles. The van der Waals surface area contributed by atoms with Crippen molar-refractivity contribution in [2.45, 2.75) is 43.9 Å². The van der Waals surface area contributed by atoms with Gasteiger partial charge in [0.1, 0.15) is 5.60 Å². The molecule has 0 saturated carbocycles. The number of rotatable bonds is 2. The second kappa shape index (κ2) is 5.33. The molecule has 2 saturated heterocycles. The van der Waals surface area contributed by atoms with Crippen molar-refractivity contribution < 1.29 is 19.4 Å². The number of hydrogen-bond acceptors (Lipinski definition) is 4. The van der Waals surface area contributed by atoms with E-state index in [0.717, 1.165) is 0 Å². The van der Waals surface area contributed by atoms with E-state index in [-0.39, 0.29) is 5.91 Å². The molecule has 0 radical (unpaired) electrons. The van der Waals surface area contributed by atoms with E-state index < -0.39 is 22.8 Å². The Morgan fingerprint density at radius 1 is 1.38 bits per heavy atom. The van der Waals surface area contributed by atoms with Crippen molar-refractivity contribution in [3.63, 3.8) is 0 Å².